The van der Waals surface area contributed by atoms with Gasteiger partial charge in [0.25, 0.3) is 11.8 Å². The van der Waals surface area contributed by atoms with Gasteiger partial charge >= 0.3 is 5.97 Å². The normalized spacial score (nSPS) is 18.0. The van der Waals surface area contributed by atoms with E-state index in [1.165, 1.54) is 63.9 Å². The molecule has 1 fully saturated rings. The van der Waals surface area contributed by atoms with Gasteiger partial charge in [-0.15, -0.1) is 5.10 Å². The van der Waals surface area contributed by atoms with E-state index >= 15 is 26.3 Å². The molecule has 390 valence electrons. The number of aromatic amines is 2. The van der Waals surface area contributed by atoms with E-state index in [9.17, 15) is 24.3 Å². The number of benzene rings is 3. The highest BCUT2D eigenvalue weighted by Gasteiger charge is 2.44. The monoisotopic (exact) mass is 1060 g/mol. The third kappa shape index (κ3) is 9.79. The maximum Gasteiger partial charge on any atom is 0.352 e. The zero-order valence-electron chi connectivity index (χ0n) is 40.4. The predicted molar refractivity (Wildman–Crippen MR) is 265 cm³/mol. The van der Waals surface area contributed by atoms with Gasteiger partial charge in [-0.3, -0.25) is 23.7 Å². The number of carbonyl (C=O) groups excluding carboxylic acids is 3. The second-order valence-electron chi connectivity index (χ2n) is 19.2. The Balaban J connectivity index is 1.15. The SMILES string of the molecule is CN(C)C(=O)c1cc2c(-c3cc(F)c([C@@H]4CCNCC4(F)F)cc3F)cc(C3=CC(C4=C(c5cc(Cl)c6cc(C(=O)O)[nH]c6c5F)CN(C(=O)CCn5ccnn5)CC4)CN(C(=O)CCn4cccn4)C3)c(F)c2[nH]1. The minimum atomic E-state index is -3.40. The summed E-state index contributed by atoms with van der Waals surface area (Å²) in [4.78, 5) is 63.5. The lowest BCUT2D eigenvalue weighted by Crippen LogP contribution is -2.44. The number of alkyl halides is 2. The van der Waals surface area contributed by atoms with Gasteiger partial charge in [0.1, 0.15) is 23.0 Å². The van der Waals surface area contributed by atoms with Crippen LogP contribution in [0.1, 0.15) is 69.3 Å². The number of rotatable bonds is 13. The van der Waals surface area contributed by atoms with Gasteiger partial charge in [-0.25, -0.2) is 31.1 Å². The highest BCUT2D eigenvalue weighted by atomic mass is 35.5. The number of piperidine rings is 1. The molecule has 7 aromatic rings. The molecule has 0 bridgehead atoms. The molecule has 0 spiro atoms. The molecule has 10 rings (SSSR count). The average molecular weight is 1060 g/mol. The number of nitrogens with one attached hydrogen (secondary N) is 3. The van der Waals surface area contributed by atoms with Gasteiger partial charge in [0.2, 0.25) is 11.8 Å². The smallest absolute Gasteiger partial charge is 0.352 e. The molecule has 3 amide bonds. The number of aryl methyl sites for hydroxylation is 2. The second kappa shape index (κ2) is 20.2. The fourth-order valence-electron chi connectivity index (χ4n) is 10.5. The summed E-state index contributed by atoms with van der Waals surface area (Å²) in [5.74, 6) is -12.5. The molecule has 0 radical (unpaired) electrons. The molecule has 2 atom stereocenters. The van der Waals surface area contributed by atoms with Gasteiger partial charge in [0, 0.05) is 112 Å². The Bertz CT molecular complexity index is 3480. The van der Waals surface area contributed by atoms with Crippen molar-refractivity contribution in [2.24, 2.45) is 5.92 Å². The maximum atomic E-state index is 17.6. The molecule has 23 heteroatoms. The molecule has 7 heterocycles. The van der Waals surface area contributed by atoms with Crippen LogP contribution in [-0.2, 0) is 22.7 Å². The molecule has 1 saturated heterocycles. The molecule has 3 aliphatic rings. The highest BCUT2D eigenvalue weighted by Crippen LogP contribution is 2.45. The van der Waals surface area contributed by atoms with Crippen LogP contribution in [0.3, 0.4) is 0 Å². The standard InChI is InChI=1S/C52H48ClF6N11O5/c1-66(2)50(73)42-21-34-31(32-19-41(55)35(20-40(32)54)38-4-9-60-26-52(38,58)59)17-30(46(56)48(34)63-42)28-16-27(23-68(24-28)45(72)6-13-69-11-3-8-62-69)29-5-12-67(44(71)7-14-70-15-10-61-65-70)25-37(29)33-18-39(53)36-22-43(51(74)75)64-49(36)47(33)57/h3,8,10-11,15-22,27,38,60,63-64H,4-7,9,12-14,23-26H2,1-2H3,(H,74,75)/t27?,38-/m0/s1. The van der Waals surface area contributed by atoms with E-state index in [2.05, 4.69) is 30.7 Å². The zero-order chi connectivity index (χ0) is 53.0. The zero-order valence-corrected chi connectivity index (χ0v) is 41.1. The number of hydrogen-bond donors (Lipinski definition) is 4. The second-order valence-corrected chi connectivity index (χ2v) is 19.6. The topological polar surface area (TPSA) is 190 Å². The third-order valence-electron chi connectivity index (χ3n) is 14.3. The van der Waals surface area contributed by atoms with E-state index < -0.39 is 70.6 Å². The van der Waals surface area contributed by atoms with Crippen molar-refractivity contribution in [3.63, 3.8) is 0 Å². The molecule has 0 saturated carbocycles. The van der Waals surface area contributed by atoms with Crippen molar-refractivity contribution in [3.8, 4) is 11.1 Å². The first-order valence-electron chi connectivity index (χ1n) is 24.1. The number of nitrogens with zero attached hydrogens (tertiary/aromatic N) is 8. The molecule has 1 unspecified atom stereocenters. The van der Waals surface area contributed by atoms with Crippen molar-refractivity contribution in [2.45, 2.75) is 50.6 Å². The summed E-state index contributed by atoms with van der Waals surface area (Å²) in [7, 11) is 2.94. The summed E-state index contributed by atoms with van der Waals surface area (Å²) >= 11 is 6.78. The number of fused-ring (bicyclic) bond motifs is 2. The summed E-state index contributed by atoms with van der Waals surface area (Å²) < 4.78 is 101. The molecule has 16 nitrogen and oxygen atoms in total. The minimum Gasteiger partial charge on any atom is -0.477 e. The van der Waals surface area contributed by atoms with E-state index in [0.29, 0.717) is 11.1 Å². The lowest BCUT2D eigenvalue weighted by molar-refractivity contribution is -0.131. The molecule has 4 aromatic heterocycles. The van der Waals surface area contributed by atoms with Crippen LogP contribution in [0.4, 0.5) is 26.3 Å². The van der Waals surface area contributed by atoms with E-state index in [0.717, 1.165) is 12.1 Å². The molecular formula is C52H48ClF6N11O5. The van der Waals surface area contributed by atoms with Crippen LogP contribution in [0.5, 0.6) is 0 Å². The van der Waals surface area contributed by atoms with E-state index in [-0.39, 0.29) is 144 Å². The van der Waals surface area contributed by atoms with Crippen LogP contribution in [0.25, 0.3) is 44.1 Å². The Morgan fingerprint density at radius 3 is 2.24 bits per heavy atom. The first-order chi connectivity index (χ1) is 35.9. The Morgan fingerprint density at radius 2 is 1.53 bits per heavy atom. The van der Waals surface area contributed by atoms with Crippen LogP contribution < -0.4 is 5.32 Å². The Kier molecular flexibility index (Phi) is 13.7. The predicted octanol–water partition coefficient (Wildman–Crippen LogP) is 8.13. The minimum absolute atomic E-state index is 0.00129. The number of carboxylic acids is 1. The van der Waals surface area contributed by atoms with Crippen molar-refractivity contribution in [2.75, 3.05) is 53.4 Å². The van der Waals surface area contributed by atoms with Crippen molar-refractivity contribution in [1.82, 2.24) is 54.8 Å². The third-order valence-corrected chi connectivity index (χ3v) is 14.6. The maximum absolute atomic E-state index is 17.6. The van der Waals surface area contributed by atoms with E-state index in [1.807, 2.05) is 0 Å². The summed E-state index contributed by atoms with van der Waals surface area (Å²) in [5.41, 5.74) is -1.15. The Hall–Kier alpha value is -7.72. The van der Waals surface area contributed by atoms with Crippen LogP contribution >= 0.6 is 11.6 Å². The van der Waals surface area contributed by atoms with Crippen LogP contribution in [-0.4, -0.2) is 138 Å². The first-order valence-corrected chi connectivity index (χ1v) is 24.4. The summed E-state index contributed by atoms with van der Waals surface area (Å²) in [6, 6.07) is 8.35. The quantitative estimate of drug-likeness (QED) is 0.0827. The van der Waals surface area contributed by atoms with Crippen LogP contribution in [0.2, 0.25) is 5.02 Å². The molecule has 75 heavy (non-hydrogen) atoms. The fraction of sp³-hybridized carbons (Fsp3) is 0.327. The van der Waals surface area contributed by atoms with Crippen LogP contribution in [0, 0.1) is 29.2 Å². The van der Waals surface area contributed by atoms with Gasteiger partial charge in [0.05, 0.1) is 41.3 Å². The number of aromatic carboxylic acids is 1. The molecular weight excluding hydrogens is 1010 g/mol. The van der Waals surface area contributed by atoms with Gasteiger partial charge in [-0.1, -0.05) is 28.5 Å². The first kappa shape index (κ1) is 50.8. The molecule has 0 aliphatic carbocycles. The molecule has 4 N–H and O–H groups in total. The van der Waals surface area contributed by atoms with Gasteiger partial charge in [-0.2, -0.15) is 5.10 Å². The molecule has 3 aromatic carbocycles. The average Bonchev–Trinajstić information content (AvgIpc) is 4.25. The highest BCUT2D eigenvalue weighted by molar-refractivity contribution is 6.36. The van der Waals surface area contributed by atoms with Crippen molar-refractivity contribution in [1.29, 1.82) is 0 Å². The van der Waals surface area contributed by atoms with Crippen LogP contribution in [0.15, 0.2) is 78.9 Å². The Morgan fingerprint density at radius 1 is 0.813 bits per heavy atom. The number of amides is 3. The summed E-state index contributed by atoms with van der Waals surface area (Å²) in [6.45, 7) is -0.496. The number of halogens is 7. The van der Waals surface area contributed by atoms with Gasteiger partial charge < -0.3 is 35.1 Å². The van der Waals surface area contributed by atoms with Crippen molar-refractivity contribution >= 4 is 68.2 Å². The number of hydrogen-bond acceptors (Lipinski definition) is 8. The van der Waals surface area contributed by atoms with E-state index in [1.54, 1.807) is 35.4 Å². The number of carbonyl (C=O) groups is 4. The number of carboxylic acid groups (broad SMARTS) is 1. The fourth-order valence-corrected chi connectivity index (χ4v) is 10.7. The number of H-pyrrole nitrogens is 2. The summed E-state index contributed by atoms with van der Waals surface area (Å²) in [5, 5.41) is 24.4. The lowest BCUT2D eigenvalue weighted by Gasteiger charge is -2.38. The molecule has 3 aliphatic heterocycles. The number of aromatic nitrogens is 7. The summed E-state index contributed by atoms with van der Waals surface area (Å²) in [6.07, 6.45) is 7.89. The van der Waals surface area contributed by atoms with E-state index in [4.69, 9.17) is 11.6 Å². The van der Waals surface area contributed by atoms with Gasteiger partial charge in [-0.05, 0) is 84.1 Å². The van der Waals surface area contributed by atoms with Gasteiger partial charge in [0.15, 0.2) is 11.6 Å². The van der Waals surface area contributed by atoms with Crippen molar-refractivity contribution < 1.29 is 50.6 Å². The lowest BCUT2D eigenvalue weighted by atomic mass is 9.81. The Labute approximate surface area is 428 Å². The van der Waals surface area contributed by atoms with Crippen molar-refractivity contribution in [3.05, 3.63) is 135 Å². The largest absolute Gasteiger partial charge is 0.477 e.